The summed E-state index contributed by atoms with van der Waals surface area (Å²) in [6.45, 7) is 2.12. The van der Waals surface area contributed by atoms with Crippen LogP contribution in [-0.4, -0.2) is 15.9 Å². The second-order valence-corrected chi connectivity index (χ2v) is 4.51. The molecule has 12 heavy (non-hydrogen) atoms. The summed E-state index contributed by atoms with van der Waals surface area (Å²) in [5.41, 5.74) is 0. The number of allylic oxidation sites excluding steroid dienone is 2. The van der Waals surface area contributed by atoms with E-state index in [0.29, 0.717) is 0 Å². The van der Waals surface area contributed by atoms with E-state index in [1.165, 1.54) is 12.8 Å². The molecule has 0 saturated carbocycles. The Hall–Kier alpha value is -0.110. The van der Waals surface area contributed by atoms with E-state index in [4.69, 9.17) is 9.79 Å². The molecule has 0 atom stereocenters. The average Bonchev–Trinajstić information content (AvgIpc) is 1.94. The van der Waals surface area contributed by atoms with Crippen molar-refractivity contribution in [2.75, 3.05) is 6.16 Å². The summed E-state index contributed by atoms with van der Waals surface area (Å²) in [6, 6.07) is 0. The first kappa shape index (κ1) is 11.9. The molecule has 0 spiro atoms. The van der Waals surface area contributed by atoms with E-state index in [9.17, 15) is 4.57 Å². The van der Waals surface area contributed by atoms with E-state index < -0.39 is 7.60 Å². The third-order valence-corrected chi connectivity index (χ3v) is 2.17. The quantitative estimate of drug-likeness (QED) is 0.385. The van der Waals surface area contributed by atoms with Gasteiger partial charge in [0.05, 0.1) is 6.16 Å². The molecule has 0 aliphatic carbocycles. The van der Waals surface area contributed by atoms with Crippen LogP contribution in [0.2, 0.25) is 0 Å². The molecule has 0 fully saturated rings. The van der Waals surface area contributed by atoms with Crippen molar-refractivity contribution in [1.29, 1.82) is 0 Å². The van der Waals surface area contributed by atoms with Crippen molar-refractivity contribution in [3.8, 4) is 0 Å². The zero-order chi connectivity index (χ0) is 9.45. The van der Waals surface area contributed by atoms with Crippen LogP contribution in [0.1, 0.15) is 32.6 Å². The van der Waals surface area contributed by atoms with E-state index >= 15 is 0 Å². The van der Waals surface area contributed by atoms with Crippen LogP contribution in [0.4, 0.5) is 0 Å². The maximum absolute atomic E-state index is 10.4. The molecule has 2 N–H and O–H groups in total. The molecule has 0 aromatic carbocycles. The fraction of sp³-hybridized carbons (Fsp3) is 0.750. The van der Waals surface area contributed by atoms with Gasteiger partial charge in [-0.1, -0.05) is 31.9 Å². The van der Waals surface area contributed by atoms with Gasteiger partial charge in [-0.05, 0) is 12.8 Å². The molecular formula is C8H17O3P. The lowest BCUT2D eigenvalue weighted by atomic mass is 10.2. The lowest BCUT2D eigenvalue weighted by Gasteiger charge is -1.96. The van der Waals surface area contributed by atoms with Crippen molar-refractivity contribution in [2.45, 2.75) is 32.6 Å². The number of unbranched alkanes of at least 4 members (excludes halogenated alkanes) is 3. The van der Waals surface area contributed by atoms with Crippen LogP contribution in [0, 0.1) is 0 Å². The first-order valence-corrected chi connectivity index (χ1v) is 6.05. The third-order valence-electron chi connectivity index (χ3n) is 1.48. The Labute approximate surface area is 73.7 Å². The van der Waals surface area contributed by atoms with Gasteiger partial charge in [0.25, 0.3) is 0 Å². The van der Waals surface area contributed by atoms with E-state index in [0.717, 1.165) is 12.8 Å². The highest BCUT2D eigenvalue weighted by Crippen LogP contribution is 2.33. The summed E-state index contributed by atoms with van der Waals surface area (Å²) < 4.78 is 10.4. The Morgan fingerprint density at radius 3 is 2.42 bits per heavy atom. The fourth-order valence-corrected chi connectivity index (χ4v) is 1.27. The molecule has 0 heterocycles. The van der Waals surface area contributed by atoms with Crippen molar-refractivity contribution in [1.82, 2.24) is 0 Å². The smallest absolute Gasteiger partial charge is 0.324 e. The van der Waals surface area contributed by atoms with E-state index in [1.807, 2.05) is 6.08 Å². The minimum absolute atomic E-state index is 0.126. The molecule has 0 bridgehead atoms. The van der Waals surface area contributed by atoms with E-state index in [-0.39, 0.29) is 6.16 Å². The molecule has 0 aliphatic heterocycles. The standard InChI is InChI=1S/C8H17O3P/c1-2-3-4-5-6-7-8-12(9,10)11/h6-7H,2-5,8H2,1H3,(H2,9,10,11)/b7-6+. The second kappa shape index (κ2) is 6.41. The van der Waals surface area contributed by atoms with E-state index in [1.54, 1.807) is 6.08 Å². The maximum atomic E-state index is 10.4. The van der Waals surface area contributed by atoms with E-state index in [2.05, 4.69) is 6.92 Å². The predicted octanol–water partition coefficient (Wildman–Crippen LogP) is 2.30. The van der Waals surface area contributed by atoms with Crippen LogP contribution in [0.5, 0.6) is 0 Å². The first-order valence-electron chi connectivity index (χ1n) is 4.26. The molecule has 0 radical (unpaired) electrons. The Bertz CT molecular complexity index is 171. The van der Waals surface area contributed by atoms with Gasteiger partial charge in [0, 0.05) is 0 Å². The highest BCUT2D eigenvalue weighted by Gasteiger charge is 2.07. The van der Waals surface area contributed by atoms with Gasteiger partial charge in [-0.3, -0.25) is 4.57 Å². The number of rotatable bonds is 6. The predicted molar refractivity (Wildman–Crippen MR) is 50.2 cm³/mol. The van der Waals surface area contributed by atoms with Crippen LogP contribution in [0.25, 0.3) is 0 Å². The highest BCUT2D eigenvalue weighted by atomic mass is 31.2. The summed E-state index contributed by atoms with van der Waals surface area (Å²) in [5, 5.41) is 0. The summed E-state index contributed by atoms with van der Waals surface area (Å²) in [4.78, 5) is 17.0. The number of hydrogen-bond donors (Lipinski definition) is 2. The Kier molecular flexibility index (Phi) is 6.35. The van der Waals surface area contributed by atoms with Gasteiger partial charge in [-0.15, -0.1) is 0 Å². The van der Waals surface area contributed by atoms with Crippen LogP contribution < -0.4 is 0 Å². The van der Waals surface area contributed by atoms with Gasteiger partial charge >= 0.3 is 7.60 Å². The normalized spacial score (nSPS) is 12.6. The summed E-state index contributed by atoms with van der Waals surface area (Å²) in [7, 11) is -3.81. The summed E-state index contributed by atoms with van der Waals surface area (Å²) in [6.07, 6.45) is 7.67. The minimum Gasteiger partial charge on any atom is -0.324 e. The van der Waals surface area contributed by atoms with Gasteiger partial charge in [-0.2, -0.15) is 0 Å². The Morgan fingerprint density at radius 2 is 1.92 bits per heavy atom. The summed E-state index contributed by atoms with van der Waals surface area (Å²) >= 11 is 0. The van der Waals surface area contributed by atoms with Crippen LogP contribution >= 0.6 is 7.60 Å². The largest absolute Gasteiger partial charge is 0.329 e. The van der Waals surface area contributed by atoms with Gasteiger partial charge in [-0.25, -0.2) is 0 Å². The summed E-state index contributed by atoms with van der Waals surface area (Å²) in [5.74, 6) is 0. The molecule has 0 aromatic heterocycles. The monoisotopic (exact) mass is 192 g/mol. The van der Waals surface area contributed by atoms with Crippen molar-refractivity contribution in [3.63, 3.8) is 0 Å². The first-order chi connectivity index (χ1) is 5.56. The molecule has 3 nitrogen and oxygen atoms in total. The lowest BCUT2D eigenvalue weighted by Crippen LogP contribution is -1.81. The van der Waals surface area contributed by atoms with Crippen LogP contribution in [0.15, 0.2) is 12.2 Å². The zero-order valence-electron chi connectivity index (χ0n) is 7.44. The molecule has 0 aliphatic rings. The Balaban J connectivity index is 3.32. The van der Waals surface area contributed by atoms with Gasteiger partial charge < -0.3 is 9.79 Å². The number of hydrogen-bond acceptors (Lipinski definition) is 1. The van der Waals surface area contributed by atoms with Crippen molar-refractivity contribution >= 4 is 7.60 Å². The van der Waals surface area contributed by atoms with Crippen molar-refractivity contribution in [2.24, 2.45) is 0 Å². The van der Waals surface area contributed by atoms with Gasteiger partial charge in [0.15, 0.2) is 0 Å². The highest BCUT2D eigenvalue weighted by molar-refractivity contribution is 7.51. The molecule has 0 rings (SSSR count). The Morgan fingerprint density at radius 1 is 1.25 bits per heavy atom. The van der Waals surface area contributed by atoms with Crippen LogP contribution in [-0.2, 0) is 4.57 Å². The van der Waals surface area contributed by atoms with Crippen molar-refractivity contribution < 1.29 is 14.4 Å². The maximum Gasteiger partial charge on any atom is 0.329 e. The topological polar surface area (TPSA) is 57.5 Å². The zero-order valence-corrected chi connectivity index (χ0v) is 8.33. The lowest BCUT2D eigenvalue weighted by molar-refractivity contribution is 0.377. The molecule has 0 amide bonds. The third kappa shape index (κ3) is 9.89. The van der Waals surface area contributed by atoms with Crippen LogP contribution in [0.3, 0.4) is 0 Å². The average molecular weight is 192 g/mol. The molecule has 4 heteroatoms. The molecule has 72 valence electrons. The molecular weight excluding hydrogens is 175 g/mol. The fourth-order valence-electron chi connectivity index (χ4n) is 0.842. The SMILES string of the molecule is CCCCC/C=C/CP(=O)(O)O. The minimum atomic E-state index is -3.81. The molecule has 0 saturated heterocycles. The molecule has 0 unspecified atom stereocenters. The van der Waals surface area contributed by atoms with Gasteiger partial charge in [0.2, 0.25) is 0 Å². The molecule has 0 aromatic rings. The van der Waals surface area contributed by atoms with Gasteiger partial charge in [0.1, 0.15) is 0 Å². The van der Waals surface area contributed by atoms with Crippen molar-refractivity contribution in [3.05, 3.63) is 12.2 Å². The second-order valence-electron chi connectivity index (χ2n) is 2.81.